The quantitative estimate of drug-likeness (QED) is 0.652. The van der Waals surface area contributed by atoms with E-state index >= 15 is 0 Å². The van der Waals surface area contributed by atoms with Crippen LogP contribution in [-0.2, 0) is 15.7 Å². The fraction of sp³-hybridized carbons (Fsp3) is 0.333. The van der Waals surface area contributed by atoms with Gasteiger partial charge in [0.05, 0.1) is 24.3 Å². The van der Waals surface area contributed by atoms with Gasteiger partial charge in [-0.2, -0.15) is 13.2 Å². The van der Waals surface area contributed by atoms with E-state index in [1.165, 1.54) is 19.2 Å². The summed E-state index contributed by atoms with van der Waals surface area (Å²) in [5, 5.41) is 5.94. The standard InChI is InChI=1S/C15H15F3N2O2S/c1-3-10-11(13(21)22-2)12(20-14(23)19-10)8-5-4-6-9(7-8)15(16,17)18/h4-7,12H,3H2,1-2H3,(H2,19,20,23)/t12-/m1/s1. The van der Waals surface area contributed by atoms with Gasteiger partial charge in [-0.3, -0.25) is 0 Å². The van der Waals surface area contributed by atoms with Gasteiger partial charge in [0.25, 0.3) is 0 Å². The summed E-state index contributed by atoms with van der Waals surface area (Å²) in [5.74, 6) is -0.619. The molecule has 1 aromatic carbocycles. The van der Waals surface area contributed by atoms with Crippen molar-refractivity contribution in [2.24, 2.45) is 0 Å². The molecule has 0 unspecified atom stereocenters. The van der Waals surface area contributed by atoms with E-state index in [-0.39, 0.29) is 16.2 Å². The Balaban J connectivity index is 2.55. The van der Waals surface area contributed by atoms with Gasteiger partial charge in [-0.1, -0.05) is 19.1 Å². The average molecular weight is 344 g/mol. The number of methoxy groups -OCH3 is 1. The number of carbonyl (C=O) groups excluding carboxylic acids is 1. The molecule has 1 aliphatic heterocycles. The lowest BCUT2D eigenvalue weighted by molar-refractivity contribution is -0.137. The molecule has 0 aromatic heterocycles. The molecule has 8 heteroatoms. The number of ether oxygens (including phenoxy) is 1. The number of rotatable bonds is 3. The summed E-state index contributed by atoms with van der Waals surface area (Å²) in [6.45, 7) is 1.81. The van der Waals surface area contributed by atoms with E-state index in [9.17, 15) is 18.0 Å². The van der Waals surface area contributed by atoms with Crippen LogP contribution in [0.1, 0.15) is 30.5 Å². The topological polar surface area (TPSA) is 50.4 Å². The Kier molecular flexibility index (Phi) is 4.93. The van der Waals surface area contributed by atoms with E-state index in [1.807, 2.05) is 6.92 Å². The van der Waals surface area contributed by atoms with Crippen molar-refractivity contribution in [1.82, 2.24) is 10.6 Å². The molecule has 1 atom stereocenters. The Morgan fingerprint density at radius 1 is 1.39 bits per heavy atom. The van der Waals surface area contributed by atoms with Crippen molar-refractivity contribution in [1.29, 1.82) is 0 Å². The molecule has 2 rings (SSSR count). The van der Waals surface area contributed by atoms with Gasteiger partial charge in [0.1, 0.15) is 0 Å². The van der Waals surface area contributed by atoms with Crippen LogP contribution in [-0.4, -0.2) is 18.2 Å². The van der Waals surface area contributed by atoms with Crippen LogP contribution in [0.4, 0.5) is 13.2 Å². The lowest BCUT2D eigenvalue weighted by Gasteiger charge is -2.30. The molecule has 0 spiro atoms. The average Bonchev–Trinajstić information content (AvgIpc) is 2.52. The van der Waals surface area contributed by atoms with E-state index in [0.29, 0.717) is 12.1 Å². The van der Waals surface area contributed by atoms with Crippen molar-refractivity contribution in [3.63, 3.8) is 0 Å². The largest absolute Gasteiger partial charge is 0.466 e. The van der Waals surface area contributed by atoms with Crippen molar-refractivity contribution in [2.75, 3.05) is 7.11 Å². The SMILES string of the molecule is CCC1=C(C(=O)OC)[C@@H](c2cccc(C(F)(F)F)c2)NC(=S)N1. The molecule has 1 heterocycles. The highest BCUT2D eigenvalue weighted by Gasteiger charge is 2.34. The maximum atomic E-state index is 12.9. The number of esters is 1. The molecule has 2 N–H and O–H groups in total. The first-order valence-electron chi connectivity index (χ1n) is 6.84. The monoisotopic (exact) mass is 344 g/mol. The van der Waals surface area contributed by atoms with Crippen molar-refractivity contribution in [3.8, 4) is 0 Å². The molecule has 0 fully saturated rings. The summed E-state index contributed by atoms with van der Waals surface area (Å²) < 4.78 is 43.5. The van der Waals surface area contributed by atoms with E-state index in [1.54, 1.807) is 0 Å². The first-order valence-corrected chi connectivity index (χ1v) is 7.24. The van der Waals surface area contributed by atoms with Crippen molar-refractivity contribution < 1.29 is 22.7 Å². The van der Waals surface area contributed by atoms with Crippen molar-refractivity contribution in [2.45, 2.75) is 25.6 Å². The first-order chi connectivity index (χ1) is 10.8. The lowest BCUT2D eigenvalue weighted by atomic mass is 9.93. The maximum Gasteiger partial charge on any atom is 0.416 e. The second-order valence-electron chi connectivity index (χ2n) is 4.89. The summed E-state index contributed by atoms with van der Waals surface area (Å²) >= 11 is 5.08. The summed E-state index contributed by atoms with van der Waals surface area (Å²) in [6.07, 6.45) is -4.01. The zero-order valence-electron chi connectivity index (χ0n) is 12.5. The Bertz CT molecular complexity index is 671. The van der Waals surface area contributed by atoms with E-state index in [2.05, 4.69) is 10.6 Å². The summed E-state index contributed by atoms with van der Waals surface area (Å²) in [4.78, 5) is 12.1. The van der Waals surface area contributed by atoms with Gasteiger partial charge in [-0.05, 0) is 36.3 Å². The van der Waals surface area contributed by atoms with Crippen LogP contribution in [0, 0.1) is 0 Å². The molecular formula is C15H15F3N2O2S. The van der Waals surface area contributed by atoms with Crippen LogP contribution < -0.4 is 10.6 Å². The van der Waals surface area contributed by atoms with Crippen LogP contribution in [0.2, 0.25) is 0 Å². The fourth-order valence-corrected chi connectivity index (χ4v) is 2.63. The zero-order valence-corrected chi connectivity index (χ0v) is 13.3. The number of halogens is 3. The normalized spacial score (nSPS) is 18.3. The minimum absolute atomic E-state index is 0.225. The summed E-state index contributed by atoms with van der Waals surface area (Å²) in [7, 11) is 1.22. The summed E-state index contributed by atoms with van der Waals surface area (Å²) in [6, 6.07) is 3.99. The fourth-order valence-electron chi connectivity index (χ4n) is 2.39. The Morgan fingerprint density at radius 2 is 2.09 bits per heavy atom. The third kappa shape index (κ3) is 3.64. The second-order valence-corrected chi connectivity index (χ2v) is 5.30. The number of alkyl halides is 3. The van der Waals surface area contributed by atoms with Gasteiger partial charge in [-0.25, -0.2) is 4.79 Å². The first kappa shape index (κ1) is 17.3. The molecule has 0 bridgehead atoms. The molecule has 1 aromatic rings. The smallest absolute Gasteiger partial charge is 0.416 e. The van der Waals surface area contributed by atoms with Crippen LogP contribution >= 0.6 is 12.2 Å². The van der Waals surface area contributed by atoms with Gasteiger partial charge in [0.15, 0.2) is 5.11 Å². The van der Waals surface area contributed by atoms with Crippen molar-refractivity contribution in [3.05, 3.63) is 46.7 Å². The van der Waals surface area contributed by atoms with Crippen LogP contribution in [0.5, 0.6) is 0 Å². The molecule has 124 valence electrons. The predicted octanol–water partition coefficient (Wildman–Crippen LogP) is 3.06. The molecule has 4 nitrogen and oxygen atoms in total. The molecule has 0 saturated carbocycles. The maximum absolute atomic E-state index is 12.9. The number of carbonyl (C=O) groups is 1. The number of benzene rings is 1. The number of allylic oxidation sites excluding steroid dienone is 1. The van der Waals surface area contributed by atoms with Gasteiger partial charge < -0.3 is 15.4 Å². The minimum atomic E-state index is -4.47. The summed E-state index contributed by atoms with van der Waals surface area (Å²) in [5.41, 5.74) is 0.254. The third-order valence-corrected chi connectivity index (χ3v) is 3.68. The number of hydrogen-bond acceptors (Lipinski definition) is 3. The lowest BCUT2D eigenvalue weighted by Crippen LogP contribution is -2.45. The highest BCUT2D eigenvalue weighted by atomic mass is 32.1. The highest BCUT2D eigenvalue weighted by molar-refractivity contribution is 7.80. The molecule has 23 heavy (non-hydrogen) atoms. The molecule has 1 aliphatic rings. The molecule has 0 radical (unpaired) electrons. The van der Waals surface area contributed by atoms with Crippen LogP contribution in [0.15, 0.2) is 35.5 Å². The highest BCUT2D eigenvalue weighted by Crippen LogP contribution is 2.34. The Hall–Kier alpha value is -2.09. The van der Waals surface area contributed by atoms with Gasteiger partial charge in [-0.15, -0.1) is 0 Å². The third-order valence-electron chi connectivity index (χ3n) is 3.46. The number of thiocarbonyl (C=S) groups is 1. The Morgan fingerprint density at radius 3 is 2.65 bits per heavy atom. The molecular weight excluding hydrogens is 329 g/mol. The molecule has 0 saturated heterocycles. The molecule has 0 aliphatic carbocycles. The Labute approximate surface area is 136 Å². The van der Waals surface area contributed by atoms with Gasteiger partial charge in [0, 0.05) is 5.70 Å². The van der Waals surface area contributed by atoms with Gasteiger partial charge in [0.2, 0.25) is 0 Å². The van der Waals surface area contributed by atoms with E-state index < -0.39 is 23.8 Å². The van der Waals surface area contributed by atoms with Crippen molar-refractivity contribution >= 4 is 23.3 Å². The van der Waals surface area contributed by atoms with Crippen LogP contribution in [0.3, 0.4) is 0 Å². The molecule has 0 amide bonds. The van der Waals surface area contributed by atoms with Gasteiger partial charge >= 0.3 is 12.1 Å². The number of nitrogens with one attached hydrogen (secondary N) is 2. The van der Waals surface area contributed by atoms with E-state index in [0.717, 1.165) is 12.1 Å². The minimum Gasteiger partial charge on any atom is -0.466 e. The predicted molar refractivity (Wildman–Crippen MR) is 82.4 cm³/mol. The number of hydrogen-bond donors (Lipinski definition) is 2. The van der Waals surface area contributed by atoms with Crippen LogP contribution in [0.25, 0.3) is 0 Å². The van der Waals surface area contributed by atoms with E-state index in [4.69, 9.17) is 17.0 Å². The second kappa shape index (κ2) is 6.57. The zero-order chi connectivity index (χ0) is 17.2.